The summed E-state index contributed by atoms with van der Waals surface area (Å²) in [6, 6.07) is 0.857. The van der Waals surface area contributed by atoms with Crippen LogP contribution in [-0.2, 0) is 4.74 Å². The lowest BCUT2D eigenvalue weighted by Gasteiger charge is -2.44. The summed E-state index contributed by atoms with van der Waals surface area (Å²) in [5.41, 5.74) is 0. The van der Waals surface area contributed by atoms with Crippen LogP contribution in [0.4, 0.5) is 0 Å². The largest absolute Gasteiger partial charge is 0.378 e. The summed E-state index contributed by atoms with van der Waals surface area (Å²) < 4.78 is 6.24. The van der Waals surface area contributed by atoms with Crippen LogP contribution >= 0.6 is 0 Å². The van der Waals surface area contributed by atoms with E-state index in [2.05, 4.69) is 4.90 Å². The first kappa shape index (κ1) is 12.9. The quantitative estimate of drug-likeness (QED) is 0.760. The van der Waals surface area contributed by atoms with Crippen molar-refractivity contribution in [1.82, 2.24) is 4.90 Å². The highest BCUT2D eigenvalue weighted by atomic mass is 16.5. The van der Waals surface area contributed by atoms with Crippen LogP contribution in [0.5, 0.6) is 0 Å². The molecule has 1 saturated carbocycles. The second-order valence-electron chi connectivity index (χ2n) is 6.59. The van der Waals surface area contributed by atoms with Gasteiger partial charge in [0.2, 0.25) is 0 Å². The minimum Gasteiger partial charge on any atom is -0.378 e. The monoisotopic (exact) mass is 251 g/mol. The molecule has 2 heterocycles. The fraction of sp³-hybridized carbons (Fsp3) is 1.00. The fourth-order valence-corrected chi connectivity index (χ4v) is 4.26. The molecule has 0 N–H and O–H groups in total. The van der Waals surface area contributed by atoms with Crippen molar-refractivity contribution in [2.75, 3.05) is 19.7 Å². The van der Waals surface area contributed by atoms with Crippen molar-refractivity contribution in [2.45, 2.75) is 76.4 Å². The fourth-order valence-electron chi connectivity index (χ4n) is 4.26. The van der Waals surface area contributed by atoms with Crippen molar-refractivity contribution in [3.8, 4) is 0 Å². The topological polar surface area (TPSA) is 12.5 Å². The van der Waals surface area contributed by atoms with Crippen molar-refractivity contribution in [3.63, 3.8) is 0 Å². The highest BCUT2D eigenvalue weighted by molar-refractivity contribution is 4.87. The molecule has 0 radical (unpaired) electrons. The minimum atomic E-state index is 0.595. The molecule has 3 aliphatic rings. The Hall–Kier alpha value is -0.0800. The Kier molecular flexibility index (Phi) is 4.58. The Balaban J connectivity index is 1.48. The predicted molar refractivity (Wildman–Crippen MR) is 74.8 cm³/mol. The van der Waals surface area contributed by atoms with Gasteiger partial charge in [0.15, 0.2) is 0 Å². The molecule has 2 heteroatoms. The van der Waals surface area contributed by atoms with Crippen LogP contribution in [0.3, 0.4) is 0 Å². The van der Waals surface area contributed by atoms with E-state index in [1.54, 1.807) is 0 Å². The highest BCUT2D eigenvalue weighted by Crippen LogP contribution is 2.32. The summed E-state index contributed by atoms with van der Waals surface area (Å²) >= 11 is 0. The van der Waals surface area contributed by atoms with E-state index < -0.39 is 0 Å². The zero-order valence-corrected chi connectivity index (χ0v) is 11.8. The van der Waals surface area contributed by atoms with E-state index in [9.17, 15) is 0 Å². The summed E-state index contributed by atoms with van der Waals surface area (Å²) in [6.07, 6.45) is 14.6. The van der Waals surface area contributed by atoms with Crippen LogP contribution in [-0.4, -0.2) is 36.7 Å². The molecule has 2 unspecified atom stereocenters. The normalized spacial score (nSPS) is 35.3. The van der Waals surface area contributed by atoms with Crippen LogP contribution in [0.25, 0.3) is 0 Å². The molecule has 3 fully saturated rings. The first-order valence-corrected chi connectivity index (χ1v) is 8.29. The Morgan fingerprint density at radius 1 is 0.778 bits per heavy atom. The van der Waals surface area contributed by atoms with Crippen LogP contribution < -0.4 is 0 Å². The maximum absolute atomic E-state index is 6.24. The van der Waals surface area contributed by atoms with Gasteiger partial charge in [-0.05, 0) is 57.5 Å². The maximum Gasteiger partial charge on any atom is 0.0575 e. The lowest BCUT2D eigenvalue weighted by Crippen LogP contribution is -2.49. The Morgan fingerprint density at radius 2 is 1.56 bits per heavy atom. The number of fused-ring (bicyclic) bond motifs is 1. The lowest BCUT2D eigenvalue weighted by molar-refractivity contribution is -0.0359. The molecule has 2 nitrogen and oxygen atoms in total. The van der Waals surface area contributed by atoms with Crippen molar-refractivity contribution < 1.29 is 4.74 Å². The van der Waals surface area contributed by atoms with E-state index in [0.29, 0.717) is 6.10 Å². The molecule has 104 valence electrons. The van der Waals surface area contributed by atoms with E-state index in [0.717, 1.165) is 18.6 Å². The zero-order chi connectivity index (χ0) is 12.2. The number of piperidine rings is 2. The molecule has 0 aromatic carbocycles. The van der Waals surface area contributed by atoms with Crippen LogP contribution in [0.1, 0.15) is 64.2 Å². The summed E-state index contributed by atoms with van der Waals surface area (Å²) in [5, 5.41) is 0. The number of nitrogens with zero attached hydrogens (tertiary/aromatic N) is 1. The molecular formula is C16H29NO. The minimum absolute atomic E-state index is 0.595. The molecule has 0 spiro atoms. The molecule has 3 rings (SSSR count). The molecular weight excluding hydrogens is 222 g/mol. The van der Waals surface area contributed by atoms with Crippen LogP contribution in [0.15, 0.2) is 0 Å². The Labute approximate surface area is 112 Å². The molecule has 0 bridgehead atoms. The number of ether oxygens (including phenoxy) is 1. The zero-order valence-electron chi connectivity index (χ0n) is 11.8. The summed E-state index contributed by atoms with van der Waals surface area (Å²) in [6.45, 7) is 3.75. The van der Waals surface area contributed by atoms with Gasteiger partial charge in [-0.15, -0.1) is 0 Å². The van der Waals surface area contributed by atoms with Crippen LogP contribution in [0, 0.1) is 5.92 Å². The smallest absolute Gasteiger partial charge is 0.0575 e. The van der Waals surface area contributed by atoms with Gasteiger partial charge >= 0.3 is 0 Å². The molecule has 0 amide bonds. The molecule has 0 aromatic rings. The average molecular weight is 251 g/mol. The van der Waals surface area contributed by atoms with Crippen LogP contribution in [0.2, 0.25) is 0 Å². The third kappa shape index (κ3) is 3.08. The number of rotatable bonds is 3. The summed E-state index contributed by atoms with van der Waals surface area (Å²) in [5.74, 6) is 0.834. The molecule has 0 aromatic heterocycles. The van der Waals surface area contributed by atoms with Gasteiger partial charge in [0, 0.05) is 6.04 Å². The molecule has 2 aliphatic heterocycles. The first-order chi connectivity index (χ1) is 8.93. The van der Waals surface area contributed by atoms with Crippen molar-refractivity contribution in [3.05, 3.63) is 0 Å². The van der Waals surface area contributed by atoms with E-state index in [1.807, 2.05) is 0 Å². The highest BCUT2D eigenvalue weighted by Gasteiger charge is 2.33. The summed E-state index contributed by atoms with van der Waals surface area (Å²) in [4.78, 5) is 2.75. The van der Waals surface area contributed by atoms with Gasteiger partial charge in [-0.2, -0.15) is 0 Å². The molecule has 2 atom stereocenters. The van der Waals surface area contributed by atoms with Crippen molar-refractivity contribution >= 4 is 0 Å². The van der Waals surface area contributed by atoms with Crippen molar-refractivity contribution in [1.29, 1.82) is 0 Å². The van der Waals surface area contributed by atoms with E-state index in [4.69, 9.17) is 4.74 Å². The number of hydrogen-bond donors (Lipinski definition) is 0. The molecule has 18 heavy (non-hydrogen) atoms. The van der Waals surface area contributed by atoms with E-state index >= 15 is 0 Å². The van der Waals surface area contributed by atoms with E-state index in [1.165, 1.54) is 77.3 Å². The average Bonchev–Trinajstić information content (AvgIpc) is 2.46. The third-order valence-corrected chi connectivity index (χ3v) is 5.33. The standard InChI is InChI=1S/C16H29NO/c1-2-8-15(9-3-1)18-13-14-7-6-12-17-11-5-4-10-16(14)17/h14-16H,1-13H2. The van der Waals surface area contributed by atoms with Gasteiger partial charge in [0.05, 0.1) is 12.7 Å². The van der Waals surface area contributed by atoms with Gasteiger partial charge in [-0.1, -0.05) is 25.7 Å². The SMILES string of the molecule is C1CCC(OCC2CCCN3CCCCC23)CC1. The predicted octanol–water partition coefficient (Wildman–Crippen LogP) is 3.60. The first-order valence-electron chi connectivity index (χ1n) is 8.29. The lowest BCUT2D eigenvalue weighted by atomic mass is 9.84. The Morgan fingerprint density at radius 3 is 2.44 bits per heavy atom. The van der Waals surface area contributed by atoms with Gasteiger partial charge in [0.25, 0.3) is 0 Å². The van der Waals surface area contributed by atoms with Gasteiger partial charge in [0.1, 0.15) is 0 Å². The molecule has 2 saturated heterocycles. The van der Waals surface area contributed by atoms with Gasteiger partial charge in [-0.25, -0.2) is 0 Å². The second kappa shape index (κ2) is 6.38. The van der Waals surface area contributed by atoms with E-state index in [-0.39, 0.29) is 0 Å². The maximum atomic E-state index is 6.24. The number of hydrogen-bond acceptors (Lipinski definition) is 2. The second-order valence-corrected chi connectivity index (χ2v) is 6.59. The van der Waals surface area contributed by atoms with Gasteiger partial charge in [-0.3, -0.25) is 0 Å². The summed E-state index contributed by atoms with van der Waals surface area (Å²) in [7, 11) is 0. The molecule has 1 aliphatic carbocycles. The third-order valence-electron chi connectivity index (χ3n) is 5.33. The van der Waals surface area contributed by atoms with Crippen molar-refractivity contribution in [2.24, 2.45) is 5.92 Å². The van der Waals surface area contributed by atoms with Gasteiger partial charge < -0.3 is 9.64 Å². The Bertz CT molecular complexity index is 247.